The highest BCUT2D eigenvalue weighted by molar-refractivity contribution is 7.09. The van der Waals surface area contributed by atoms with E-state index in [0.29, 0.717) is 13.1 Å². The molecule has 2 aromatic heterocycles. The third-order valence-corrected chi connectivity index (χ3v) is 4.90. The number of hydrogen-bond donors (Lipinski definition) is 1. The Kier molecular flexibility index (Phi) is 4.37. The monoisotopic (exact) mass is 334 g/mol. The second-order valence-electron chi connectivity index (χ2n) is 5.69. The number of nitrogens with zero attached hydrogens (tertiary/aromatic N) is 5. The fraction of sp³-hybridized carbons (Fsp3) is 0.500. The number of amides is 2. The number of hydrogen-bond acceptors (Lipinski definition) is 6. The van der Waals surface area contributed by atoms with Gasteiger partial charge in [-0.05, 0) is 19.8 Å². The lowest BCUT2D eigenvalue weighted by Crippen LogP contribution is -2.39. The molecular formula is C14H18N6O2S. The molecule has 2 aromatic rings. The molecule has 0 spiro atoms. The Morgan fingerprint density at radius 1 is 1.48 bits per heavy atom. The summed E-state index contributed by atoms with van der Waals surface area (Å²) in [6.45, 7) is 3.22. The van der Waals surface area contributed by atoms with Gasteiger partial charge in [-0.15, -0.1) is 16.4 Å². The van der Waals surface area contributed by atoms with Crippen molar-refractivity contribution < 1.29 is 9.59 Å². The van der Waals surface area contributed by atoms with Gasteiger partial charge in [0.1, 0.15) is 6.54 Å². The number of rotatable bonds is 4. The van der Waals surface area contributed by atoms with Gasteiger partial charge in [-0.2, -0.15) is 0 Å². The van der Waals surface area contributed by atoms with Crippen LogP contribution in [0, 0.1) is 6.92 Å². The van der Waals surface area contributed by atoms with E-state index < -0.39 is 5.91 Å². The van der Waals surface area contributed by atoms with Crippen LogP contribution in [-0.4, -0.2) is 49.8 Å². The Balaban J connectivity index is 1.69. The van der Waals surface area contributed by atoms with E-state index in [1.54, 1.807) is 16.2 Å². The summed E-state index contributed by atoms with van der Waals surface area (Å²) in [5.74, 6) is -0.420. The summed E-state index contributed by atoms with van der Waals surface area (Å²) < 4.78 is 1.28. The fourth-order valence-electron chi connectivity index (χ4n) is 2.72. The summed E-state index contributed by atoms with van der Waals surface area (Å²) in [5, 5.41) is 10.7. The van der Waals surface area contributed by atoms with Crippen molar-refractivity contribution in [3.8, 4) is 0 Å². The van der Waals surface area contributed by atoms with Gasteiger partial charge in [0.05, 0.1) is 11.2 Å². The van der Waals surface area contributed by atoms with Gasteiger partial charge in [-0.25, -0.2) is 9.67 Å². The molecule has 2 amide bonds. The third-order valence-electron chi connectivity index (χ3n) is 3.77. The summed E-state index contributed by atoms with van der Waals surface area (Å²) in [4.78, 5) is 29.8. The molecule has 1 aliphatic heterocycles. The van der Waals surface area contributed by atoms with Crippen LogP contribution in [0.25, 0.3) is 0 Å². The van der Waals surface area contributed by atoms with E-state index in [1.807, 2.05) is 12.3 Å². The Bertz CT molecular complexity index is 724. The molecular weight excluding hydrogens is 316 g/mol. The van der Waals surface area contributed by atoms with Crippen LogP contribution in [0.1, 0.15) is 39.9 Å². The van der Waals surface area contributed by atoms with Gasteiger partial charge >= 0.3 is 0 Å². The van der Waals surface area contributed by atoms with Gasteiger partial charge in [-0.1, -0.05) is 5.21 Å². The van der Waals surface area contributed by atoms with Crippen LogP contribution < -0.4 is 5.73 Å². The number of carbonyl (C=O) groups is 2. The predicted molar refractivity (Wildman–Crippen MR) is 83.9 cm³/mol. The number of likely N-dealkylation sites (tertiary alicyclic amines) is 1. The maximum Gasteiger partial charge on any atom is 0.276 e. The Morgan fingerprint density at radius 2 is 2.30 bits per heavy atom. The normalized spacial score (nSPS) is 18.1. The lowest BCUT2D eigenvalue weighted by molar-refractivity contribution is -0.118. The van der Waals surface area contributed by atoms with Crippen LogP contribution in [0.2, 0.25) is 0 Å². The first-order valence-corrected chi connectivity index (χ1v) is 8.30. The molecule has 0 bridgehead atoms. The Hall–Kier alpha value is -2.29. The van der Waals surface area contributed by atoms with Crippen LogP contribution in [0.4, 0.5) is 0 Å². The highest BCUT2D eigenvalue weighted by Crippen LogP contribution is 2.29. The summed E-state index contributed by atoms with van der Waals surface area (Å²) in [5.41, 5.74) is 6.36. The number of primary amides is 1. The molecule has 3 rings (SSSR count). The topological polar surface area (TPSA) is 107 Å². The van der Waals surface area contributed by atoms with Crippen molar-refractivity contribution in [2.45, 2.75) is 32.2 Å². The minimum Gasteiger partial charge on any atom is -0.368 e. The maximum atomic E-state index is 12.6. The van der Waals surface area contributed by atoms with E-state index >= 15 is 0 Å². The van der Waals surface area contributed by atoms with Crippen molar-refractivity contribution in [3.05, 3.63) is 28.0 Å². The zero-order valence-electron chi connectivity index (χ0n) is 12.8. The van der Waals surface area contributed by atoms with Crippen molar-refractivity contribution in [1.82, 2.24) is 24.9 Å². The van der Waals surface area contributed by atoms with Crippen molar-refractivity contribution >= 4 is 23.2 Å². The summed E-state index contributed by atoms with van der Waals surface area (Å²) in [6.07, 6.45) is 3.43. The second-order valence-corrected chi connectivity index (χ2v) is 6.57. The average molecular weight is 334 g/mol. The fourth-order valence-corrected chi connectivity index (χ4v) is 3.64. The molecule has 3 heterocycles. The summed E-state index contributed by atoms with van der Waals surface area (Å²) >= 11 is 1.64. The van der Waals surface area contributed by atoms with Crippen LogP contribution in [0.15, 0.2) is 11.6 Å². The second kappa shape index (κ2) is 6.45. The van der Waals surface area contributed by atoms with Crippen molar-refractivity contribution in [1.29, 1.82) is 0 Å². The van der Waals surface area contributed by atoms with Crippen molar-refractivity contribution in [2.75, 3.05) is 13.1 Å². The molecule has 23 heavy (non-hydrogen) atoms. The standard InChI is InChI=1S/C14H18N6O2S/c1-9-8-23-13(16-9)10-3-2-4-19(5-10)14(22)11-6-20(18-17-11)7-12(15)21/h6,8,10H,2-5,7H2,1H3,(H2,15,21). The molecule has 9 heteroatoms. The average Bonchev–Trinajstić information content (AvgIpc) is 3.15. The highest BCUT2D eigenvalue weighted by Gasteiger charge is 2.28. The molecule has 1 aliphatic rings. The number of carbonyl (C=O) groups excluding carboxylic acids is 2. The van der Waals surface area contributed by atoms with E-state index in [-0.39, 0.29) is 24.1 Å². The van der Waals surface area contributed by atoms with Crippen LogP contribution >= 0.6 is 11.3 Å². The molecule has 0 aromatic carbocycles. The van der Waals surface area contributed by atoms with E-state index in [9.17, 15) is 9.59 Å². The van der Waals surface area contributed by atoms with Gasteiger partial charge in [0.2, 0.25) is 5.91 Å². The SMILES string of the molecule is Cc1csc(C2CCCN(C(=O)c3cn(CC(N)=O)nn3)C2)n1. The Morgan fingerprint density at radius 3 is 3.00 bits per heavy atom. The Labute approximate surface area is 137 Å². The molecule has 0 radical (unpaired) electrons. The first-order chi connectivity index (χ1) is 11.0. The van der Waals surface area contributed by atoms with Crippen molar-refractivity contribution in [2.24, 2.45) is 5.73 Å². The third kappa shape index (κ3) is 3.55. The van der Waals surface area contributed by atoms with Gasteiger partial charge in [0.15, 0.2) is 5.69 Å². The number of aromatic nitrogens is 4. The summed E-state index contributed by atoms with van der Waals surface area (Å²) in [7, 11) is 0. The van der Waals surface area contributed by atoms with Crippen LogP contribution in [-0.2, 0) is 11.3 Å². The first-order valence-electron chi connectivity index (χ1n) is 7.42. The van der Waals surface area contributed by atoms with Crippen molar-refractivity contribution in [3.63, 3.8) is 0 Å². The van der Waals surface area contributed by atoms with E-state index in [4.69, 9.17) is 5.73 Å². The predicted octanol–water partition coefficient (Wildman–Crippen LogP) is 0.548. The zero-order chi connectivity index (χ0) is 16.4. The van der Waals surface area contributed by atoms with Gasteiger partial charge in [0.25, 0.3) is 5.91 Å². The number of aryl methyl sites for hydroxylation is 1. The molecule has 8 nitrogen and oxygen atoms in total. The molecule has 122 valence electrons. The van der Waals surface area contributed by atoms with E-state index in [1.165, 1.54) is 10.9 Å². The molecule has 0 saturated carbocycles. The summed E-state index contributed by atoms with van der Waals surface area (Å²) in [6, 6.07) is 0. The van der Waals surface area contributed by atoms with E-state index in [0.717, 1.165) is 23.5 Å². The number of thiazole rings is 1. The van der Waals surface area contributed by atoms with E-state index in [2.05, 4.69) is 15.3 Å². The minimum absolute atomic E-state index is 0.0820. The number of nitrogens with two attached hydrogens (primary N) is 1. The van der Waals surface area contributed by atoms with Gasteiger partial charge < -0.3 is 10.6 Å². The zero-order valence-corrected chi connectivity index (χ0v) is 13.6. The maximum absolute atomic E-state index is 12.6. The molecule has 2 N–H and O–H groups in total. The lowest BCUT2D eigenvalue weighted by Gasteiger charge is -2.31. The molecule has 1 atom stereocenters. The number of piperidine rings is 1. The lowest BCUT2D eigenvalue weighted by atomic mass is 9.98. The van der Waals surface area contributed by atoms with Gasteiger partial charge in [0, 0.05) is 30.1 Å². The minimum atomic E-state index is -0.522. The quantitative estimate of drug-likeness (QED) is 0.878. The van der Waals surface area contributed by atoms with Crippen LogP contribution in [0.3, 0.4) is 0 Å². The first kappa shape index (κ1) is 15.6. The smallest absolute Gasteiger partial charge is 0.276 e. The highest BCUT2D eigenvalue weighted by atomic mass is 32.1. The molecule has 1 fully saturated rings. The van der Waals surface area contributed by atoms with Crippen LogP contribution in [0.5, 0.6) is 0 Å². The molecule has 1 unspecified atom stereocenters. The largest absolute Gasteiger partial charge is 0.368 e. The molecule has 0 aliphatic carbocycles. The van der Waals surface area contributed by atoms with Gasteiger partial charge in [-0.3, -0.25) is 9.59 Å². The molecule has 1 saturated heterocycles.